The van der Waals surface area contributed by atoms with Crippen LogP contribution in [0.3, 0.4) is 0 Å². The van der Waals surface area contributed by atoms with Gasteiger partial charge in [-0.15, -0.1) is 0 Å². The molecular formula is C17H26BrNO2. The van der Waals surface area contributed by atoms with Gasteiger partial charge in [0.1, 0.15) is 0 Å². The molecule has 1 aromatic rings. The summed E-state index contributed by atoms with van der Waals surface area (Å²) >= 11 is 3.64. The van der Waals surface area contributed by atoms with Gasteiger partial charge in [-0.1, -0.05) is 19.8 Å². The first kappa shape index (κ1) is 16.6. The number of nitrogens with one attached hydrogen (secondary N) is 1. The fourth-order valence-corrected chi connectivity index (χ4v) is 3.38. The summed E-state index contributed by atoms with van der Waals surface area (Å²) in [6.07, 6.45) is 5.27. The number of hydrogen-bond acceptors (Lipinski definition) is 3. The quantitative estimate of drug-likeness (QED) is 0.743. The van der Waals surface area contributed by atoms with Crippen molar-refractivity contribution in [2.45, 2.75) is 46.1 Å². The third-order valence-electron chi connectivity index (χ3n) is 3.89. The smallest absolute Gasteiger partial charge is 0.175 e. The van der Waals surface area contributed by atoms with E-state index < -0.39 is 0 Å². The zero-order valence-electron chi connectivity index (χ0n) is 13.1. The van der Waals surface area contributed by atoms with Crippen molar-refractivity contribution in [2.75, 3.05) is 19.8 Å². The first-order valence-corrected chi connectivity index (χ1v) is 8.82. The molecule has 0 amide bonds. The van der Waals surface area contributed by atoms with Crippen molar-refractivity contribution in [3.05, 3.63) is 22.2 Å². The summed E-state index contributed by atoms with van der Waals surface area (Å²) in [4.78, 5) is 0. The summed E-state index contributed by atoms with van der Waals surface area (Å²) in [6, 6.07) is 4.20. The summed E-state index contributed by atoms with van der Waals surface area (Å²) < 4.78 is 12.8. The van der Waals surface area contributed by atoms with E-state index in [0.29, 0.717) is 12.5 Å². The molecule has 1 aliphatic rings. The van der Waals surface area contributed by atoms with Crippen LogP contribution in [0.5, 0.6) is 11.5 Å². The first-order valence-electron chi connectivity index (χ1n) is 8.03. The monoisotopic (exact) mass is 355 g/mol. The molecule has 1 saturated carbocycles. The van der Waals surface area contributed by atoms with E-state index in [1.165, 1.54) is 31.2 Å². The van der Waals surface area contributed by atoms with Crippen molar-refractivity contribution in [1.82, 2.24) is 5.32 Å². The number of halogens is 1. The number of hydrogen-bond donors (Lipinski definition) is 1. The van der Waals surface area contributed by atoms with Gasteiger partial charge in [0.2, 0.25) is 0 Å². The molecule has 1 aliphatic carbocycles. The predicted molar refractivity (Wildman–Crippen MR) is 90.1 cm³/mol. The minimum absolute atomic E-state index is 0.650. The minimum atomic E-state index is 0.650. The van der Waals surface area contributed by atoms with E-state index in [1.54, 1.807) is 0 Å². The lowest BCUT2D eigenvalue weighted by Gasteiger charge is -2.17. The molecule has 0 aliphatic heterocycles. The Morgan fingerprint density at radius 3 is 2.62 bits per heavy atom. The highest BCUT2D eigenvalue weighted by molar-refractivity contribution is 9.10. The molecular weight excluding hydrogens is 330 g/mol. The molecule has 0 radical (unpaired) electrons. The van der Waals surface area contributed by atoms with Gasteiger partial charge in [-0.2, -0.15) is 0 Å². The molecule has 0 bridgehead atoms. The van der Waals surface area contributed by atoms with E-state index in [2.05, 4.69) is 40.3 Å². The van der Waals surface area contributed by atoms with Gasteiger partial charge >= 0.3 is 0 Å². The second-order valence-electron chi connectivity index (χ2n) is 5.58. The molecule has 0 heterocycles. The van der Waals surface area contributed by atoms with Crippen molar-refractivity contribution in [3.63, 3.8) is 0 Å². The summed E-state index contributed by atoms with van der Waals surface area (Å²) in [7, 11) is 0. The van der Waals surface area contributed by atoms with Gasteiger partial charge in [-0.05, 0) is 65.9 Å². The Morgan fingerprint density at radius 2 is 1.95 bits per heavy atom. The number of rotatable bonds is 8. The topological polar surface area (TPSA) is 30.5 Å². The molecule has 1 N–H and O–H groups in total. The molecule has 0 unspecified atom stereocenters. The molecule has 4 heteroatoms. The first-order chi connectivity index (χ1) is 10.2. The Labute approximate surface area is 136 Å². The average Bonchev–Trinajstić information content (AvgIpc) is 2.98. The van der Waals surface area contributed by atoms with Crippen LogP contribution in [-0.2, 0) is 6.54 Å². The van der Waals surface area contributed by atoms with E-state index in [9.17, 15) is 0 Å². The molecule has 0 saturated heterocycles. The zero-order valence-corrected chi connectivity index (χ0v) is 14.7. The zero-order chi connectivity index (χ0) is 15.1. The Hall–Kier alpha value is -0.740. The standard InChI is InChI=1S/C17H26BrNO2/c1-3-19-11-14-9-15(18)17(16(10-14)20-4-2)21-12-13-7-5-6-8-13/h9-10,13,19H,3-8,11-12H2,1-2H3. The van der Waals surface area contributed by atoms with Crippen LogP contribution in [0.2, 0.25) is 0 Å². The van der Waals surface area contributed by atoms with Crippen molar-refractivity contribution in [3.8, 4) is 11.5 Å². The molecule has 2 rings (SSSR count). The second-order valence-corrected chi connectivity index (χ2v) is 6.43. The Kier molecular flexibility index (Phi) is 6.84. The van der Waals surface area contributed by atoms with Crippen molar-refractivity contribution in [1.29, 1.82) is 0 Å². The van der Waals surface area contributed by atoms with Crippen LogP contribution in [0, 0.1) is 5.92 Å². The molecule has 3 nitrogen and oxygen atoms in total. The third-order valence-corrected chi connectivity index (χ3v) is 4.48. The highest BCUT2D eigenvalue weighted by Crippen LogP contribution is 2.38. The van der Waals surface area contributed by atoms with Crippen LogP contribution >= 0.6 is 15.9 Å². The van der Waals surface area contributed by atoms with E-state index in [4.69, 9.17) is 9.47 Å². The summed E-state index contributed by atoms with van der Waals surface area (Å²) in [6.45, 7) is 7.37. The summed E-state index contributed by atoms with van der Waals surface area (Å²) in [5.74, 6) is 2.40. The maximum absolute atomic E-state index is 6.07. The van der Waals surface area contributed by atoms with Gasteiger partial charge in [0.05, 0.1) is 17.7 Å². The molecule has 0 aromatic heterocycles. The van der Waals surface area contributed by atoms with Gasteiger partial charge in [0.15, 0.2) is 11.5 Å². The van der Waals surface area contributed by atoms with Gasteiger partial charge < -0.3 is 14.8 Å². The maximum atomic E-state index is 6.07. The lowest BCUT2D eigenvalue weighted by atomic mass is 10.1. The normalized spacial score (nSPS) is 15.4. The molecule has 118 valence electrons. The van der Waals surface area contributed by atoms with Crippen LogP contribution in [-0.4, -0.2) is 19.8 Å². The van der Waals surface area contributed by atoms with Crippen LogP contribution in [0.1, 0.15) is 45.1 Å². The van der Waals surface area contributed by atoms with Crippen molar-refractivity contribution < 1.29 is 9.47 Å². The van der Waals surface area contributed by atoms with Gasteiger partial charge in [-0.3, -0.25) is 0 Å². The largest absolute Gasteiger partial charge is 0.490 e. The van der Waals surface area contributed by atoms with Gasteiger partial charge in [0.25, 0.3) is 0 Å². The van der Waals surface area contributed by atoms with Crippen LogP contribution in [0.25, 0.3) is 0 Å². The van der Waals surface area contributed by atoms with Gasteiger partial charge in [0, 0.05) is 6.54 Å². The highest BCUT2D eigenvalue weighted by atomic mass is 79.9. The molecule has 0 spiro atoms. The van der Waals surface area contributed by atoms with Crippen molar-refractivity contribution in [2.24, 2.45) is 5.92 Å². The van der Waals surface area contributed by atoms with E-state index in [1.807, 2.05) is 6.92 Å². The minimum Gasteiger partial charge on any atom is -0.490 e. The lowest BCUT2D eigenvalue weighted by Crippen LogP contribution is -2.13. The maximum Gasteiger partial charge on any atom is 0.175 e. The molecule has 1 aromatic carbocycles. The Bertz CT molecular complexity index is 445. The van der Waals surface area contributed by atoms with Crippen LogP contribution < -0.4 is 14.8 Å². The average molecular weight is 356 g/mol. The van der Waals surface area contributed by atoms with E-state index in [-0.39, 0.29) is 0 Å². The number of benzene rings is 1. The lowest BCUT2D eigenvalue weighted by molar-refractivity contribution is 0.232. The van der Waals surface area contributed by atoms with E-state index >= 15 is 0 Å². The second kappa shape index (κ2) is 8.64. The Balaban J connectivity index is 2.09. The predicted octanol–water partition coefficient (Wildman–Crippen LogP) is 4.53. The van der Waals surface area contributed by atoms with Crippen LogP contribution in [0.15, 0.2) is 16.6 Å². The fraction of sp³-hybridized carbons (Fsp3) is 0.647. The van der Waals surface area contributed by atoms with Crippen molar-refractivity contribution >= 4 is 15.9 Å². The van der Waals surface area contributed by atoms with Crippen LogP contribution in [0.4, 0.5) is 0 Å². The summed E-state index contributed by atoms with van der Waals surface area (Å²) in [5, 5.41) is 3.34. The third kappa shape index (κ3) is 4.89. The molecule has 0 atom stereocenters. The Morgan fingerprint density at radius 1 is 1.19 bits per heavy atom. The summed E-state index contributed by atoms with van der Waals surface area (Å²) in [5.41, 5.74) is 1.21. The molecule has 1 fully saturated rings. The number of ether oxygens (including phenoxy) is 2. The van der Waals surface area contributed by atoms with Gasteiger partial charge in [-0.25, -0.2) is 0 Å². The van der Waals surface area contributed by atoms with E-state index in [0.717, 1.165) is 35.7 Å². The fourth-order valence-electron chi connectivity index (χ4n) is 2.77. The SMILES string of the molecule is CCNCc1cc(Br)c(OCC2CCCC2)c(OCC)c1. The highest BCUT2D eigenvalue weighted by Gasteiger charge is 2.18. The molecule has 21 heavy (non-hydrogen) atoms.